The summed E-state index contributed by atoms with van der Waals surface area (Å²) in [5.41, 5.74) is -0.397. The fourth-order valence-electron chi connectivity index (χ4n) is 3.97. The van der Waals surface area contributed by atoms with Gasteiger partial charge in [0.15, 0.2) is 0 Å². The molecule has 2 fully saturated rings. The third kappa shape index (κ3) is 4.44. The van der Waals surface area contributed by atoms with Gasteiger partial charge in [-0.05, 0) is 52.1 Å². The van der Waals surface area contributed by atoms with Crippen LogP contribution >= 0.6 is 0 Å². The molecule has 3 nitrogen and oxygen atoms in total. The average Bonchev–Trinajstić information content (AvgIpc) is 2.40. The number of aliphatic hydroxyl groups is 1. The predicted octanol–water partition coefficient (Wildman–Crippen LogP) is 2.53. The maximum Gasteiger partial charge on any atom is 0.0774 e. The Kier molecular flexibility index (Phi) is 5.67. The van der Waals surface area contributed by atoms with Gasteiger partial charge in [0.05, 0.1) is 5.60 Å². The highest BCUT2D eigenvalue weighted by atomic mass is 16.3. The summed E-state index contributed by atoms with van der Waals surface area (Å²) in [6, 6.07) is 1.41. The lowest BCUT2D eigenvalue weighted by atomic mass is 9.83. The topological polar surface area (TPSA) is 35.5 Å². The molecule has 0 saturated heterocycles. The van der Waals surface area contributed by atoms with Crippen LogP contribution in [0.5, 0.6) is 0 Å². The van der Waals surface area contributed by atoms with Crippen LogP contribution in [0, 0.1) is 0 Å². The van der Waals surface area contributed by atoms with E-state index in [-0.39, 0.29) is 0 Å². The zero-order chi connectivity index (χ0) is 13.7. The van der Waals surface area contributed by atoms with Crippen molar-refractivity contribution in [2.45, 2.75) is 82.4 Å². The van der Waals surface area contributed by atoms with E-state index in [2.05, 4.69) is 24.2 Å². The van der Waals surface area contributed by atoms with Gasteiger partial charge in [0.25, 0.3) is 0 Å². The molecule has 0 unspecified atom stereocenters. The number of hydrogen-bond acceptors (Lipinski definition) is 3. The normalized spacial score (nSPS) is 31.6. The molecule has 19 heavy (non-hydrogen) atoms. The van der Waals surface area contributed by atoms with Gasteiger partial charge in [-0.3, -0.25) is 0 Å². The van der Waals surface area contributed by atoms with Crippen LogP contribution in [0.4, 0.5) is 0 Å². The van der Waals surface area contributed by atoms with Crippen molar-refractivity contribution in [3.63, 3.8) is 0 Å². The van der Waals surface area contributed by atoms with E-state index in [1.165, 1.54) is 44.9 Å². The Hall–Kier alpha value is -0.120. The molecule has 2 N–H and O–H groups in total. The lowest BCUT2D eigenvalue weighted by Crippen LogP contribution is -2.48. The molecule has 0 aromatic rings. The van der Waals surface area contributed by atoms with Gasteiger partial charge in [-0.1, -0.05) is 26.2 Å². The Balaban J connectivity index is 1.76. The standard InChI is InChI=1S/C16H32N2O/c1-3-17-14-7-9-15(10-8-14)18(2)13-16(19)11-5-4-6-12-16/h14-15,17,19H,3-13H2,1-2H3. The number of likely N-dealkylation sites (N-methyl/N-ethyl adjacent to an activating group) is 1. The first-order valence-electron chi connectivity index (χ1n) is 8.29. The highest BCUT2D eigenvalue weighted by molar-refractivity contribution is 4.88. The first kappa shape index (κ1) is 15.3. The molecule has 0 aliphatic heterocycles. The van der Waals surface area contributed by atoms with Crippen molar-refractivity contribution < 1.29 is 5.11 Å². The molecule has 2 aliphatic carbocycles. The average molecular weight is 268 g/mol. The fraction of sp³-hybridized carbons (Fsp3) is 1.00. The van der Waals surface area contributed by atoms with E-state index in [4.69, 9.17) is 0 Å². The van der Waals surface area contributed by atoms with Crippen LogP contribution in [0.3, 0.4) is 0 Å². The number of nitrogens with one attached hydrogen (secondary N) is 1. The van der Waals surface area contributed by atoms with Gasteiger partial charge in [0, 0.05) is 18.6 Å². The van der Waals surface area contributed by atoms with Gasteiger partial charge in [-0.2, -0.15) is 0 Å². The summed E-state index contributed by atoms with van der Waals surface area (Å²) in [4.78, 5) is 2.44. The first-order chi connectivity index (χ1) is 9.13. The number of nitrogens with zero attached hydrogens (tertiary/aromatic N) is 1. The Bertz CT molecular complexity index is 255. The van der Waals surface area contributed by atoms with E-state index < -0.39 is 5.60 Å². The number of hydrogen-bond donors (Lipinski definition) is 2. The summed E-state index contributed by atoms with van der Waals surface area (Å²) in [6.45, 7) is 4.16. The molecule has 0 aromatic carbocycles. The minimum atomic E-state index is -0.397. The van der Waals surface area contributed by atoms with E-state index >= 15 is 0 Å². The fourth-order valence-corrected chi connectivity index (χ4v) is 3.97. The maximum atomic E-state index is 10.7. The molecule has 0 atom stereocenters. The molecule has 3 heteroatoms. The zero-order valence-electron chi connectivity index (χ0n) is 12.8. The van der Waals surface area contributed by atoms with E-state index in [9.17, 15) is 5.11 Å². The molecule has 2 saturated carbocycles. The summed E-state index contributed by atoms with van der Waals surface area (Å²) in [5.74, 6) is 0. The van der Waals surface area contributed by atoms with Crippen LogP contribution in [0.15, 0.2) is 0 Å². The molecule has 0 amide bonds. The molecule has 0 radical (unpaired) electrons. The molecule has 2 aliphatic rings. The largest absolute Gasteiger partial charge is 0.389 e. The lowest BCUT2D eigenvalue weighted by Gasteiger charge is -2.41. The Labute approximate surface area is 118 Å². The van der Waals surface area contributed by atoms with Crippen LogP contribution < -0.4 is 5.32 Å². The van der Waals surface area contributed by atoms with Crippen molar-refractivity contribution >= 4 is 0 Å². The summed E-state index contributed by atoms with van der Waals surface area (Å²) >= 11 is 0. The second-order valence-electron chi connectivity index (χ2n) is 6.76. The van der Waals surface area contributed by atoms with Crippen LogP contribution in [0.2, 0.25) is 0 Å². The van der Waals surface area contributed by atoms with Gasteiger partial charge in [0.1, 0.15) is 0 Å². The Morgan fingerprint density at radius 2 is 1.74 bits per heavy atom. The third-order valence-electron chi connectivity index (χ3n) is 5.14. The molecule has 112 valence electrons. The van der Waals surface area contributed by atoms with Crippen LogP contribution in [0.1, 0.15) is 64.7 Å². The van der Waals surface area contributed by atoms with Crippen molar-refractivity contribution in [3.05, 3.63) is 0 Å². The molecular weight excluding hydrogens is 236 g/mol. The first-order valence-corrected chi connectivity index (χ1v) is 8.29. The van der Waals surface area contributed by atoms with Crippen LogP contribution in [0.25, 0.3) is 0 Å². The van der Waals surface area contributed by atoms with E-state index in [1.807, 2.05) is 0 Å². The van der Waals surface area contributed by atoms with Crippen LogP contribution in [-0.2, 0) is 0 Å². The molecule has 0 aromatic heterocycles. The minimum absolute atomic E-state index is 0.397. The van der Waals surface area contributed by atoms with Gasteiger partial charge in [-0.25, -0.2) is 0 Å². The monoisotopic (exact) mass is 268 g/mol. The van der Waals surface area contributed by atoms with E-state index in [1.54, 1.807) is 0 Å². The zero-order valence-corrected chi connectivity index (χ0v) is 12.8. The van der Waals surface area contributed by atoms with E-state index in [0.29, 0.717) is 6.04 Å². The highest BCUT2D eigenvalue weighted by Gasteiger charge is 2.33. The van der Waals surface area contributed by atoms with Gasteiger partial charge in [0.2, 0.25) is 0 Å². The molecule has 0 spiro atoms. The van der Waals surface area contributed by atoms with Crippen molar-refractivity contribution in [1.29, 1.82) is 0 Å². The highest BCUT2D eigenvalue weighted by Crippen LogP contribution is 2.30. The third-order valence-corrected chi connectivity index (χ3v) is 5.14. The summed E-state index contributed by atoms with van der Waals surface area (Å²) < 4.78 is 0. The second-order valence-corrected chi connectivity index (χ2v) is 6.76. The van der Waals surface area contributed by atoms with Crippen LogP contribution in [-0.4, -0.2) is 47.8 Å². The minimum Gasteiger partial charge on any atom is -0.389 e. The van der Waals surface area contributed by atoms with Crippen molar-refractivity contribution in [3.8, 4) is 0 Å². The van der Waals surface area contributed by atoms with E-state index in [0.717, 1.165) is 32.0 Å². The molecule has 0 bridgehead atoms. The Morgan fingerprint density at radius 3 is 2.32 bits per heavy atom. The predicted molar refractivity (Wildman–Crippen MR) is 80.4 cm³/mol. The van der Waals surface area contributed by atoms with Gasteiger partial charge < -0.3 is 15.3 Å². The summed E-state index contributed by atoms with van der Waals surface area (Å²) in [5, 5.41) is 14.2. The smallest absolute Gasteiger partial charge is 0.0774 e. The quantitative estimate of drug-likeness (QED) is 0.804. The van der Waals surface area contributed by atoms with Gasteiger partial charge in [-0.15, -0.1) is 0 Å². The van der Waals surface area contributed by atoms with Crippen molar-refractivity contribution in [1.82, 2.24) is 10.2 Å². The lowest BCUT2D eigenvalue weighted by molar-refractivity contribution is -0.0329. The molecule has 0 heterocycles. The Morgan fingerprint density at radius 1 is 1.11 bits per heavy atom. The molecular formula is C16H32N2O. The second kappa shape index (κ2) is 7.05. The van der Waals surface area contributed by atoms with Crippen molar-refractivity contribution in [2.24, 2.45) is 0 Å². The SMILES string of the molecule is CCNC1CCC(N(C)CC2(O)CCCCC2)CC1. The number of rotatable bonds is 5. The maximum absolute atomic E-state index is 10.7. The van der Waals surface area contributed by atoms with Crippen molar-refractivity contribution in [2.75, 3.05) is 20.1 Å². The summed E-state index contributed by atoms with van der Waals surface area (Å²) in [7, 11) is 2.21. The molecule has 2 rings (SSSR count). The summed E-state index contributed by atoms with van der Waals surface area (Å²) in [6.07, 6.45) is 10.9. The van der Waals surface area contributed by atoms with Gasteiger partial charge >= 0.3 is 0 Å².